The molecule has 0 N–H and O–H groups in total. The van der Waals surface area contributed by atoms with Crippen LogP contribution in [0.4, 0.5) is 0 Å². The fourth-order valence-electron chi connectivity index (χ4n) is 3.92. The van der Waals surface area contributed by atoms with Crippen LogP contribution in [0.3, 0.4) is 0 Å². The Labute approximate surface area is 164 Å². The van der Waals surface area contributed by atoms with Crippen LogP contribution >= 0.6 is 0 Å². The summed E-state index contributed by atoms with van der Waals surface area (Å²) in [6.07, 6.45) is 4.34. The standard InChI is InChI=1S/C24H23NO3/c1-4-20(26)23-17-7-5-6-8-19(17)25-24-16(10-11-18(23)24)13-15-9-12-21(27-2)22(14-15)28-3/h5-9,12-14H,4,10-11H2,1-3H3/b16-13+. The molecule has 3 aromatic rings. The maximum Gasteiger partial charge on any atom is 0.163 e. The summed E-state index contributed by atoms with van der Waals surface area (Å²) in [7, 11) is 3.26. The van der Waals surface area contributed by atoms with E-state index < -0.39 is 0 Å². The molecular formula is C24H23NO3. The topological polar surface area (TPSA) is 48.4 Å². The summed E-state index contributed by atoms with van der Waals surface area (Å²) in [6.45, 7) is 1.92. The van der Waals surface area contributed by atoms with E-state index in [-0.39, 0.29) is 5.78 Å². The van der Waals surface area contributed by atoms with Crippen molar-refractivity contribution in [1.82, 2.24) is 4.98 Å². The predicted molar refractivity (Wildman–Crippen MR) is 112 cm³/mol. The van der Waals surface area contributed by atoms with Crippen molar-refractivity contribution in [3.05, 3.63) is 64.8 Å². The van der Waals surface area contributed by atoms with Crippen molar-refractivity contribution in [1.29, 1.82) is 0 Å². The summed E-state index contributed by atoms with van der Waals surface area (Å²) in [5.41, 5.74) is 5.93. The van der Waals surface area contributed by atoms with E-state index in [9.17, 15) is 4.79 Å². The number of nitrogens with zero attached hydrogens (tertiary/aromatic N) is 1. The number of carbonyl (C=O) groups excluding carboxylic acids is 1. The molecule has 28 heavy (non-hydrogen) atoms. The lowest BCUT2D eigenvalue weighted by Gasteiger charge is -2.11. The van der Waals surface area contributed by atoms with Gasteiger partial charge in [-0.15, -0.1) is 0 Å². The minimum Gasteiger partial charge on any atom is -0.493 e. The van der Waals surface area contributed by atoms with Crippen LogP contribution in [0.5, 0.6) is 11.5 Å². The molecule has 142 valence electrons. The normalized spacial score (nSPS) is 14.3. The highest BCUT2D eigenvalue weighted by molar-refractivity contribution is 6.10. The predicted octanol–water partition coefficient (Wildman–Crippen LogP) is 5.33. The Balaban J connectivity index is 1.87. The summed E-state index contributed by atoms with van der Waals surface area (Å²) in [4.78, 5) is 17.6. The molecule has 1 heterocycles. The third-order valence-electron chi connectivity index (χ3n) is 5.29. The quantitative estimate of drug-likeness (QED) is 0.567. The molecule has 4 heteroatoms. The molecule has 1 aromatic heterocycles. The van der Waals surface area contributed by atoms with E-state index in [0.29, 0.717) is 17.9 Å². The summed E-state index contributed by atoms with van der Waals surface area (Å²) < 4.78 is 10.7. The zero-order valence-electron chi connectivity index (χ0n) is 16.4. The van der Waals surface area contributed by atoms with Gasteiger partial charge in [0, 0.05) is 17.4 Å². The van der Waals surface area contributed by atoms with Crippen molar-refractivity contribution in [2.24, 2.45) is 0 Å². The van der Waals surface area contributed by atoms with Gasteiger partial charge in [0.2, 0.25) is 0 Å². The Morgan fingerprint density at radius 3 is 2.61 bits per heavy atom. The number of aromatic nitrogens is 1. The Kier molecular flexibility index (Phi) is 4.86. The summed E-state index contributed by atoms with van der Waals surface area (Å²) in [5, 5.41) is 0.959. The van der Waals surface area contributed by atoms with Gasteiger partial charge in [-0.3, -0.25) is 4.79 Å². The van der Waals surface area contributed by atoms with E-state index in [1.807, 2.05) is 49.4 Å². The molecule has 4 nitrogen and oxygen atoms in total. The zero-order chi connectivity index (χ0) is 19.7. The van der Waals surface area contributed by atoms with Gasteiger partial charge in [-0.05, 0) is 53.8 Å². The molecule has 4 rings (SSSR count). The third-order valence-corrected chi connectivity index (χ3v) is 5.29. The Hall–Kier alpha value is -3.14. The third kappa shape index (κ3) is 3.05. The number of hydrogen-bond acceptors (Lipinski definition) is 4. The van der Waals surface area contributed by atoms with Crippen LogP contribution in [0, 0.1) is 0 Å². The summed E-state index contributed by atoms with van der Waals surface area (Å²) in [5.74, 6) is 1.59. The molecule has 1 aliphatic carbocycles. The van der Waals surface area contributed by atoms with Gasteiger partial charge in [-0.1, -0.05) is 31.2 Å². The number of pyridine rings is 1. The maximum absolute atomic E-state index is 12.7. The van der Waals surface area contributed by atoms with Crippen LogP contribution in [0.1, 0.15) is 46.9 Å². The van der Waals surface area contributed by atoms with Crippen LogP contribution in [-0.2, 0) is 6.42 Å². The number of carbonyl (C=O) groups is 1. The molecule has 0 atom stereocenters. The van der Waals surface area contributed by atoms with Crippen LogP contribution in [-0.4, -0.2) is 25.0 Å². The van der Waals surface area contributed by atoms with Gasteiger partial charge in [-0.25, -0.2) is 4.98 Å². The highest BCUT2D eigenvalue weighted by Gasteiger charge is 2.26. The fourth-order valence-corrected chi connectivity index (χ4v) is 3.92. The Morgan fingerprint density at radius 1 is 1.07 bits per heavy atom. The number of Topliss-reactive ketones (excluding diaryl/α,β-unsaturated/α-hetero) is 1. The molecule has 0 saturated carbocycles. The summed E-state index contributed by atoms with van der Waals surface area (Å²) >= 11 is 0. The van der Waals surface area contributed by atoms with E-state index >= 15 is 0 Å². The lowest BCUT2D eigenvalue weighted by Crippen LogP contribution is -2.05. The molecule has 1 aliphatic rings. The highest BCUT2D eigenvalue weighted by atomic mass is 16.5. The van der Waals surface area contributed by atoms with Crippen molar-refractivity contribution >= 4 is 28.3 Å². The second kappa shape index (κ2) is 7.47. The number of para-hydroxylation sites is 1. The van der Waals surface area contributed by atoms with Gasteiger partial charge in [-0.2, -0.15) is 0 Å². The summed E-state index contributed by atoms with van der Waals surface area (Å²) in [6, 6.07) is 13.8. The molecule has 0 unspecified atom stereocenters. The van der Waals surface area contributed by atoms with Crippen LogP contribution < -0.4 is 9.47 Å². The largest absolute Gasteiger partial charge is 0.493 e. The first kappa shape index (κ1) is 18.2. The molecule has 0 radical (unpaired) electrons. The van der Waals surface area contributed by atoms with Crippen LogP contribution in [0.25, 0.3) is 22.6 Å². The highest BCUT2D eigenvalue weighted by Crippen LogP contribution is 2.38. The Morgan fingerprint density at radius 2 is 1.86 bits per heavy atom. The van der Waals surface area contributed by atoms with Crippen LogP contribution in [0.15, 0.2) is 42.5 Å². The first-order valence-electron chi connectivity index (χ1n) is 9.54. The fraction of sp³-hybridized carbons (Fsp3) is 0.250. The Bertz CT molecular complexity index is 1100. The molecule has 0 saturated heterocycles. The van der Waals surface area contributed by atoms with Gasteiger partial charge in [0.25, 0.3) is 0 Å². The molecule has 0 aliphatic heterocycles. The number of ether oxygens (including phenoxy) is 2. The maximum atomic E-state index is 12.7. The van der Waals surface area contributed by atoms with Gasteiger partial charge >= 0.3 is 0 Å². The number of ketones is 1. The van der Waals surface area contributed by atoms with Gasteiger partial charge in [0.15, 0.2) is 17.3 Å². The number of methoxy groups -OCH3 is 2. The number of fused-ring (bicyclic) bond motifs is 2. The van der Waals surface area contributed by atoms with E-state index in [1.54, 1.807) is 14.2 Å². The number of hydrogen-bond donors (Lipinski definition) is 0. The number of allylic oxidation sites excluding steroid dienone is 1. The van der Waals surface area contributed by atoms with Crippen molar-refractivity contribution in [3.8, 4) is 11.5 Å². The molecule has 0 bridgehead atoms. The lowest BCUT2D eigenvalue weighted by molar-refractivity contribution is 0.0989. The monoisotopic (exact) mass is 373 g/mol. The average molecular weight is 373 g/mol. The SMILES string of the molecule is CCC(=O)c1c2c(nc3ccccc13)/C(=C/c1ccc(OC)c(OC)c1)CC2. The van der Waals surface area contributed by atoms with E-state index in [1.165, 1.54) is 0 Å². The van der Waals surface area contributed by atoms with Crippen molar-refractivity contribution in [2.45, 2.75) is 26.2 Å². The average Bonchev–Trinajstić information content (AvgIpc) is 3.13. The lowest BCUT2D eigenvalue weighted by atomic mass is 9.96. The second-order valence-corrected chi connectivity index (χ2v) is 6.89. The van der Waals surface area contributed by atoms with E-state index in [0.717, 1.165) is 51.7 Å². The number of benzene rings is 2. The van der Waals surface area contributed by atoms with Gasteiger partial charge in [0.1, 0.15) is 0 Å². The van der Waals surface area contributed by atoms with E-state index in [4.69, 9.17) is 14.5 Å². The molecule has 2 aromatic carbocycles. The second-order valence-electron chi connectivity index (χ2n) is 6.89. The number of rotatable bonds is 5. The van der Waals surface area contributed by atoms with Crippen molar-refractivity contribution < 1.29 is 14.3 Å². The first-order chi connectivity index (χ1) is 13.7. The molecule has 0 spiro atoms. The molecule has 0 amide bonds. The molecule has 0 fully saturated rings. The zero-order valence-corrected chi connectivity index (χ0v) is 16.4. The minimum atomic E-state index is 0.183. The van der Waals surface area contributed by atoms with Gasteiger partial charge in [0.05, 0.1) is 25.4 Å². The molecular weight excluding hydrogens is 350 g/mol. The van der Waals surface area contributed by atoms with Crippen molar-refractivity contribution in [3.63, 3.8) is 0 Å². The van der Waals surface area contributed by atoms with Gasteiger partial charge < -0.3 is 9.47 Å². The first-order valence-corrected chi connectivity index (χ1v) is 9.54. The van der Waals surface area contributed by atoms with E-state index in [2.05, 4.69) is 6.08 Å². The minimum absolute atomic E-state index is 0.183. The smallest absolute Gasteiger partial charge is 0.163 e. The van der Waals surface area contributed by atoms with Crippen LogP contribution in [0.2, 0.25) is 0 Å². The van der Waals surface area contributed by atoms with Crippen molar-refractivity contribution in [2.75, 3.05) is 14.2 Å².